The van der Waals surface area contributed by atoms with Crippen molar-refractivity contribution in [2.75, 3.05) is 6.61 Å². The second-order valence-electron chi connectivity index (χ2n) is 10.8. The van der Waals surface area contributed by atoms with Gasteiger partial charge in [0, 0.05) is 23.6 Å². The number of esters is 1. The van der Waals surface area contributed by atoms with E-state index in [1.54, 1.807) is 24.5 Å². The Labute approximate surface area is 222 Å². The number of rotatable bonds is 9. The van der Waals surface area contributed by atoms with Gasteiger partial charge in [-0.05, 0) is 76.5 Å². The molecule has 36 heavy (non-hydrogen) atoms. The molecule has 5 nitrogen and oxygen atoms in total. The van der Waals surface area contributed by atoms with Crippen LogP contribution in [0.1, 0.15) is 86.6 Å². The van der Waals surface area contributed by atoms with Crippen LogP contribution < -0.4 is 0 Å². The SMILES string of the molecule is CC1(C)CCC(C)(CCCOC(=O)CC(c2ccc(O)cc2)c2cncnc2)c2cc(CBr)ccc21. The van der Waals surface area contributed by atoms with Crippen LogP contribution in [-0.4, -0.2) is 27.7 Å². The lowest BCUT2D eigenvalue weighted by Gasteiger charge is -2.44. The summed E-state index contributed by atoms with van der Waals surface area (Å²) in [6.45, 7) is 7.43. The third kappa shape index (κ3) is 5.97. The Hall–Kier alpha value is -2.73. The number of carbonyl (C=O) groups excluding carboxylic acids is 1. The fourth-order valence-electron chi connectivity index (χ4n) is 5.38. The quantitative estimate of drug-likeness (QED) is 0.177. The predicted molar refractivity (Wildman–Crippen MR) is 145 cm³/mol. The number of aromatic hydroxyl groups is 1. The molecule has 6 heteroatoms. The fourth-order valence-corrected chi connectivity index (χ4v) is 5.73. The largest absolute Gasteiger partial charge is 0.508 e. The summed E-state index contributed by atoms with van der Waals surface area (Å²) < 4.78 is 5.71. The lowest BCUT2D eigenvalue weighted by molar-refractivity contribution is -0.144. The van der Waals surface area contributed by atoms with E-state index in [0.29, 0.717) is 6.61 Å². The second kappa shape index (κ2) is 11.1. The van der Waals surface area contributed by atoms with Crippen molar-refractivity contribution in [2.24, 2.45) is 0 Å². The molecule has 0 amide bonds. The maximum atomic E-state index is 12.8. The Morgan fingerprint density at radius 2 is 1.75 bits per heavy atom. The topological polar surface area (TPSA) is 72.3 Å². The zero-order valence-corrected chi connectivity index (χ0v) is 22.9. The van der Waals surface area contributed by atoms with E-state index in [2.05, 4.69) is 64.9 Å². The maximum Gasteiger partial charge on any atom is 0.306 e. The van der Waals surface area contributed by atoms with E-state index in [1.807, 2.05) is 12.1 Å². The van der Waals surface area contributed by atoms with E-state index < -0.39 is 0 Å². The molecule has 0 saturated carbocycles. The lowest BCUT2D eigenvalue weighted by Crippen LogP contribution is -2.36. The number of hydrogen-bond donors (Lipinski definition) is 1. The van der Waals surface area contributed by atoms with Gasteiger partial charge in [-0.25, -0.2) is 9.97 Å². The van der Waals surface area contributed by atoms with Gasteiger partial charge >= 0.3 is 5.97 Å². The number of hydrogen-bond acceptors (Lipinski definition) is 5. The van der Waals surface area contributed by atoms with Gasteiger partial charge in [0.15, 0.2) is 0 Å². The molecule has 4 rings (SSSR count). The van der Waals surface area contributed by atoms with Crippen molar-refractivity contribution in [3.05, 3.63) is 89.0 Å². The summed E-state index contributed by atoms with van der Waals surface area (Å²) in [5.41, 5.74) is 6.20. The van der Waals surface area contributed by atoms with Gasteiger partial charge in [-0.1, -0.05) is 67.0 Å². The smallest absolute Gasteiger partial charge is 0.306 e. The molecule has 0 bridgehead atoms. The van der Waals surface area contributed by atoms with Gasteiger partial charge in [-0.3, -0.25) is 4.79 Å². The monoisotopic (exact) mass is 550 g/mol. The number of phenols is 1. The molecule has 0 fully saturated rings. The van der Waals surface area contributed by atoms with E-state index in [0.717, 1.165) is 42.1 Å². The molecule has 3 aromatic rings. The summed E-state index contributed by atoms with van der Waals surface area (Å²) in [6, 6.07) is 13.8. The van der Waals surface area contributed by atoms with E-state index in [4.69, 9.17) is 4.74 Å². The number of fused-ring (bicyclic) bond motifs is 1. The maximum absolute atomic E-state index is 12.8. The minimum atomic E-state index is -0.242. The summed E-state index contributed by atoms with van der Waals surface area (Å²) in [7, 11) is 0. The number of carbonyl (C=O) groups is 1. The molecule has 1 heterocycles. The van der Waals surface area contributed by atoms with E-state index in [1.165, 1.54) is 23.0 Å². The first-order valence-corrected chi connectivity index (χ1v) is 13.7. The van der Waals surface area contributed by atoms with Crippen LogP contribution in [0.25, 0.3) is 0 Å². The van der Waals surface area contributed by atoms with Crippen molar-refractivity contribution in [2.45, 2.75) is 75.0 Å². The van der Waals surface area contributed by atoms with Crippen LogP contribution in [0.4, 0.5) is 0 Å². The Morgan fingerprint density at radius 3 is 2.44 bits per heavy atom. The summed E-state index contributed by atoms with van der Waals surface area (Å²) in [6.07, 6.45) is 9.19. The van der Waals surface area contributed by atoms with E-state index >= 15 is 0 Å². The average Bonchev–Trinajstić information content (AvgIpc) is 2.89. The van der Waals surface area contributed by atoms with Crippen LogP contribution in [0.5, 0.6) is 5.75 Å². The van der Waals surface area contributed by atoms with Gasteiger partial charge < -0.3 is 9.84 Å². The molecule has 1 aliphatic carbocycles. The van der Waals surface area contributed by atoms with Crippen molar-refractivity contribution >= 4 is 21.9 Å². The Bertz CT molecular complexity index is 1180. The number of phenolic OH excluding ortho intramolecular Hbond substituents is 1. The molecular weight excluding hydrogens is 516 g/mol. The molecule has 190 valence electrons. The minimum absolute atomic E-state index is 0.0748. The molecule has 1 aromatic heterocycles. The molecule has 1 N–H and O–H groups in total. The number of alkyl halides is 1. The summed E-state index contributed by atoms with van der Waals surface area (Å²) in [4.78, 5) is 21.1. The summed E-state index contributed by atoms with van der Waals surface area (Å²) in [5, 5.41) is 10.5. The van der Waals surface area contributed by atoms with Crippen molar-refractivity contribution in [3.63, 3.8) is 0 Å². The highest BCUT2D eigenvalue weighted by molar-refractivity contribution is 9.08. The first-order chi connectivity index (χ1) is 17.2. The second-order valence-corrected chi connectivity index (χ2v) is 11.4. The molecule has 1 aliphatic rings. The van der Waals surface area contributed by atoms with E-state index in [9.17, 15) is 9.90 Å². The molecule has 2 aromatic carbocycles. The van der Waals surface area contributed by atoms with Crippen LogP contribution in [0.2, 0.25) is 0 Å². The normalized spacial score (nSPS) is 19.3. The number of benzene rings is 2. The van der Waals surface area contributed by atoms with E-state index in [-0.39, 0.29) is 34.9 Å². The number of aromatic nitrogens is 2. The molecule has 0 radical (unpaired) electrons. The minimum Gasteiger partial charge on any atom is -0.508 e. The van der Waals surface area contributed by atoms with Gasteiger partial charge in [0.25, 0.3) is 0 Å². The first-order valence-electron chi connectivity index (χ1n) is 12.6. The number of halogens is 1. The summed E-state index contributed by atoms with van der Waals surface area (Å²) >= 11 is 3.61. The van der Waals surface area contributed by atoms with Crippen molar-refractivity contribution in [3.8, 4) is 5.75 Å². The zero-order chi connectivity index (χ0) is 25.8. The van der Waals surface area contributed by atoms with Gasteiger partial charge in [0.2, 0.25) is 0 Å². The van der Waals surface area contributed by atoms with Gasteiger partial charge in [0.1, 0.15) is 12.1 Å². The highest BCUT2D eigenvalue weighted by Gasteiger charge is 2.39. The van der Waals surface area contributed by atoms with Crippen molar-refractivity contribution < 1.29 is 14.6 Å². The van der Waals surface area contributed by atoms with Crippen LogP contribution in [-0.2, 0) is 25.7 Å². The third-order valence-electron chi connectivity index (χ3n) is 7.70. The van der Waals surface area contributed by atoms with Gasteiger partial charge in [-0.15, -0.1) is 0 Å². The Morgan fingerprint density at radius 1 is 1.03 bits per heavy atom. The summed E-state index contributed by atoms with van der Waals surface area (Å²) in [5.74, 6) is -0.283. The van der Waals surface area contributed by atoms with Crippen LogP contribution in [0.15, 0.2) is 61.2 Å². The lowest BCUT2D eigenvalue weighted by atomic mass is 9.61. The van der Waals surface area contributed by atoms with Gasteiger partial charge in [0.05, 0.1) is 13.0 Å². The molecule has 2 atom stereocenters. The molecule has 0 saturated heterocycles. The Kier molecular flexibility index (Phi) is 8.13. The highest BCUT2D eigenvalue weighted by atomic mass is 79.9. The standard InChI is InChI=1S/C30H35BrN2O3/c1-29(2)12-13-30(3,27-15-21(17-31)5-10-26(27)29)11-4-14-36-28(35)16-25(23-18-32-20-33-19-23)22-6-8-24(34)9-7-22/h5-10,15,18-20,25,34H,4,11-14,16-17H2,1-3H3. The Balaban J connectivity index is 1.39. The molecular formula is C30H35BrN2O3. The van der Waals surface area contributed by atoms with Crippen LogP contribution in [0.3, 0.4) is 0 Å². The van der Waals surface area contributed by atoms with Crippen molar-refractivity contribution in [1.29, 1.82) is 0 Å². The van der Waals surface area contributed by atoms with Crippen LogP contribution in [0, 0.1) is 0 Å². The van der Waals surface area contributed by atoms with Crippen LogP contribution >= 0.6 is 15.9 Å². The molecule has 2 unspecified atom stereocenters. The highest BCUT2D eigenvalue weighted by Crippen LogP contribution is 2.48. The van der Waals surface area contributed by atoms with Crippen molar-refractivity contribution in [1.82, 2.24) is 9.97 Å². The average molecular weight is 552 g/mol. The molecule has 0 spiro atoms. The number of ether oxygens (including phenoxy) is 1. The number of nitrogens with zero attached hydrogens (tertiary/aromatic N) is 2. The predicted octanol–water partition coefficient (Wildman–Crippen LogP) is 6.95. The van der Waals surface area contributed by atoms with Gasteiger partial charge in [-0.2, -0.15) is 0 Å². The zero-order valence-electron chi connectivity index (χ0n) is 21.3. The third-order valence-corrected chi connectivity index (χ3v) is 8.35. The molecule has 0 aliphatic heterocycles. The first kappa shape index (κ1) is 26.3. The fraction of sp³-hybridized carbons (Fsp3) is 0.433.